The van der Waals surface area contributed by atoms with Crippen LogP contribution in [0, 0.1) is 11.3 Å². The Morgan fingerprint density at radius 1 is 1.26 bits per heavy atom. The lowest BCUT2D eigenvalue weighted by molar-refractivity contribution is 0.199. The molecule has 2 rings (SSSR count). The van der Waals surface area contributed by atoms with Crippen molar-refractivity contribution in [1.82, 2.24) is 5.32 Å². The summed E-state index contributed by atoms with van der Waals surface area (Å²) in [4.78, 5) is 0. The molecular weight excluding hydrogens is 282 g/mol. The number of rotatable bonds is 8. The molecule has 1 aliphatic heterocycles. The minimum absolute atomic E-state index is 0.152. The van der Waals surface area contributed by atoms with Crippen molar-refractivity contribution >= 4 is 5.57 Å². The minimum Gasteiger partial charge on any atom is -0.493 e. The van der Waals surface area contributed by atoms with E-state index in [4.69, 9.17) is 4.74 Å². The van der Waals surface area contributed by atoms with E-state index < -0.39 is 0 Å². The normalized spacial score (nSPS) is 16.5. The molecule has 0 amide bonds. The fourth-order valence-corrected chi connectivity index (χ4v) is 2.98. The summed E-state index contributed by atoms with van der Waals surface area (Å²) >= 11 is 0. The van der Waals surface area contributed by atoms with Gasteiger partial charge in [-0.2, -0.15) is 0 Å². The summed E-state index contributed by atoms with van der Waals surface area (Å²) in [6, 6.07) is 8.55. The van der Waals surface area contributed by atoms with Crippen molar-refractivity contribution in [3.63, 3.8) is 0 Å². The van der Waals surface area contributed by atoms with Crippen LogP contribution in [0.15, 0.2) is 42.5 Å². The molecule has 1 aromatic carbocycles. The topological polar surface area (TPSA) is 21.3 Å². The monoisotopic (exact) mass is 313 g/mol. The van der Waals surface area contributed by atoms with Gasteiger partial charge in [-0.1, -0.05) is 52.5 Å². The van der Waals surface area contributed by atoms with Crippen LogP contribution in [-0.2, 0) is 0 Å². The zero-order valence-electron chi connectivity index (χ0n) is 15.1. The molecule has 1 aliphatic rings. The summed E-state index contributed by atoms with van der Waals surface area (Å²) in [6.45, 7) is 16.1. The van der Waals surface area contributed by atoms with Gasteiger partial charge in [-0.25, -0.2) is 0 Å². The first-order valence-corrected chi connectivity index (χ1v) is 8.81. The Hall–Kier alpha value is -1.54. The Bertz CT molecular complexity index is 550. The van der Waals surface area contributed by atoms with Gasteiger partial charge in [0.25, 0.3) is 0 Å². The Morgan fingerprint density at radius 2 is 1.91 bits per heavy atom. The van der Waals surface area contributed by atoms with Crippen molar-refractivity contribution in [2.45, 2.75) is 40.5 Å². The van der Waals surface area contributed by atoms with Crippen molar-refractivity contribution in [2.24, 2.45) is 11.3 Å². The summed E-state index contributed by atoms with van der Waals surface area (Å²) in [5, 5.41) is 3.27. The van der Waals surface area contributed by atoms with Crippen LogP contribution in [0.3, 0.4) is 0 Å². The molecule has 0 aliphatic carbocycles. The molecule has 0 unspecified atom stereocenters. The van der Waals surface area contributed by atoms with Crippen molar-refractivity contribution in [1.29, 1.82) is 0 Å². The zero-order valence-corrected chi connectivity index (χ0v) is 15.1. The van der Waals surface area contributed by atoms with Gasteiger partial charge in [0.15, 0.2) is 0 Å². The molecule has 0 atom stereocenters. The van der Waals surface area contributed by atoms with Gasteiger partial charge >= 0.3 is 0 Å². The van der Waals surface area contributed by atoms with Gasteiger partial charge in [0.05, 0.1) is 6.61 Å². The molecule has 0 bridgehead atoms. The van der Waals surface area contributed by atoms with Gasteiger partial charge in [0, 0.05) is 19.0 Å². The average Bonchev–Trinajstić information content (AvgIpc) is 2.51. The zero-order chi connectivity index (χ0) is 16.9. The first kappa shape index (κ1) is 17.8. The van der Waals surface area contributed by atoms with Gasteiger partial charge in [0.2, 0.25) is 0 Å². The molecule has 2 nitrogen and oxygen atoms in total. The van der Waals surface area contributed by atoms with E-state index in [1.165, 1.54) is 16.7 Å². The molecule has 0 spiro atoms. The van der Waals surface area contributed by atoms with E-state index in [1.807, 2.05) is 6.08 Å². The highest BCUT2D eigenvalue weighted by molar-refractivity contribution is 5.72. The van der Waals surface area contributed by atoms with Crippen LogP contribution < -0.4 is 10.1 Å². The fraction of sp³-hybridized carbons (Fsp3) is 0.524. The maximum Gasteiger partial charge on any atom is 0.119 e. The molecule has 2 heteroatoms. The molecule has 0 radical (unpaired) electrons. The van der Waals surface area contributed by atoms with Crippen molar-refractivity contribution in [3.05, 3.63) is 48.1 Å². The summed E-state index contributed by atoms with van der Waals surface area (Å²) in [6.07, 6.45) is 4.16. The van der Waals surface area contributed by atoms with Crippen molar-refractivity contribution in [2.75, 3.05) is 19.7 Å². The molecule has 126 valence electrons. The van der Waals surface area contributed by atoms with E-state index in [-0.39, 0.29) is 5.41 Å². The molecule has 1 saturated heterocycles. The van der Waals surface area contributed by atoms with E-state index in [9.17, 15) is 0 Å². The lowest BCUT2D eigenvalue weighted by atomic mass is 9.77. The quantitative estimate of drug-likeness (QED) is 0.676. The second kappa shape index (κ2) is 7.83. The maximum absolute atomic E-state index is 5.88. The van der Waals surface area contributed by atoms with Crippen LogP contribution in [0.25, 0.3) is 5.57 Å². The average molecular weight is 313 g/mol. The Kier molecular flexibility index (Phi) is 6.06. The second-order valence-corrected chi connectivity index (χ2v) is 7.05. The van der Waals surface area contributed by atoms with Crippen molar-refractivity contribution in [3.8, 4) is 5.75 Å². The Morgan fingerprint density at radius 3 is 2.35 bits per heavy atom. The summed E-state index contributed by atoms with van der Waals surface area (Å²) in [7, 11) is 0. The summed E-state index contributed by atoms with van der Waals surface area (Å²) in [5.74, 6) is 1.63. The SMILES string of the molecule is C=CC(=C(CC)c1ccc(OCC2CNC2)cc1)C(C)(C)CC. The predicted molar refractivity (Wildman–Crippen MR) is 99.8 cm³/mol. The van der Waals surface area contributed by atoms with Gasteiger partial charge < -0.3 is 10.1 Å². The van der Waals surface area contributed by atoms with E-state index in [2.05, 4.69) is 63.9 Å². The first-order valence-electron chi connectivity index (χ1n) is 8.81. The lowest BCUT2D eigenvalue weighted by Crippen LogP contribution is -2.45. The number of ether oxygens (including phenoxy) is 1. The van der Waals surface area contributed by atoms with Gasteiger partial charge in [-0.15, -0.1) is 0 Å². The largest absolute Gasteiger partial charge is 0.493 e. The van der Waals surface area contributed by atoms with E-state index in [0.717, 1.165) is 38.3 Å². The Labute approximate surface area is 141 Å². The summed E-state index contributed by atoms with van der Waals surface area (Å²) < 4.78 is 5.88. The van der Waals surface area contributed by atoms with E-state index in [1.54, 1.807) is 0 Å². The number of benzene rings is 1. The number of hydrogen-bond acceptors (Lipinski definition) is 2. The number of allylic oxidation sites excluding steroid dienone is 3. The highest BCUT2D eigenvalue weighted by Crippen LogP contribution is 2.38. The maximum atomic E-state index is 5.88. The molecule has 1 N–H and O–H groups in total. The molecular formula is C21H31NO. The molecule has 1 fully saturated rings. The van der Waals surface area contributed by atoms with Crippen LogP contribution in [0.5, 0.6) is 5.75 Å². The minimum atomic E-state index is 0.152. The molecule has 1 aromatic rings. The molecule has 0 saturated carbocycles. The fourth-order valence-electron chi connectivity index (χ4n) is 2.98. The third-order valence-corrected chi connectivity index (χ3v) is 5.05. The number of nitrogens with one attached hydrogen (secondary N) is 1. The van der Waals surface area contributed by atoms with Gasteiger partial charge in [-0.05, 0) is 47.1 Å². The highest BCUT2D eigenvalue weighted by Gasteiger charge is 2.22. The number of hydrogen-bond donors (Lipinski definition) is 1. The van der Waals surface area contributed by atoms with E-state index >= 15 is 0 Å². The standard InChI is InChI=1S/C21H31NO/c1-6-19(20(7-2)21(4,5)8-3)17-9-11-18(12-10-17)23-15-16-13-22-14-16/h7,9-12,16,22H,2,6,8,13-15H2,1,3-5H3. The highest BCUT2D eigenvalue weighted by atomic mass is 16.5. The summed E-state index contributed by atoms with van der Waals surface area (Å²) in [5.41, 5.74) is 4.18. The second-order valence-electron chi connectivity index (χ2n) is 7.05. The first-order chi connectivity index (χ1) is 11.0. The van der Waals surface area contributed by atoms with E-state index in [0.29, 0.717) is 5.92 Å². The van der Waals surface area contributed by atoms with Crippen LogP contribution in [0.4, 0.5) is 0 Å². The van der Waals surface area contributed by atoms with Crippen LogP contribution in [0.2, 0.25) is 0 Å². The van der Waals surface area contributed by atoms with Gasteiger partial charge in [-0.3, -0.25) is 0 Å². The Balaban J connectivity index is 2.18. The lowest BCUT2D eigenvalue weighted by Gasteiger charge is -2.28. The molecule has 23 heavy (non-hydrogen) atoms. The molecule has 1 heterocycles. The van der Waals surface area contributed by atoms with Crippen LogP contribution >= 0.6 is 0 Å². The third kappa shape index (κ3) is 4.26. The van der Waals surface area contributed by atoms with Crippen molar-refractivity contribution < 1.29 is 4.74 Å². The predicted octanol–water partition coefficient (Wildman–Crippen LogP) is 5.07. The third-order valence-electron chi connectivity index (χ3n) is 5.05. The van der Waals surface area contributed by atoms with Gasteiger partial charge in [0.1, 0.15) is 5.75 Å². The molecule has 0 aromatic heterocycles. The smallest absolute Gasteiger partial charge is 0.119 e. The van der Waals surface area contributed by atoms with Crippen LogP contribution in [-0.4, -0.2) is 19.7 Å². The van der Waals surface area contributed by atoms with Crippen LogP contribution in [0.1, 0.15) is 46.1 Å².